The first kappa shape index (κ1) is 15.7. The number of carbonyl (C=O) groups excluding carboxylic acids is 1. The van der Waals surface area contributed by atoms with Gasteiger partial charge in [-0.05, 0) is 30.4 Å². The zero-order chi connectivity index (χ0) is 13.1. The third-order valence-electron chi connectivity index (χ3n) is 4.05. The molecule has 3 nitrogen and oxygen atoms in total. The normalized spacial score (nSPS) is 24.6. The lowest BCUT2D eigenvalue weighted by atomic mass is 9.83. The first-order valence-corrected chi connectivity index (χ1v) is 8.16. The number of nitrogens with one attached hydrogen (secondary N) is 2. The first-order chi connectivity index (χ1) is 9.34. The van der Waals surface area contributed by atoms with Crippen LogP contribution in [0.25, 0.3) is 0 Å². The van der Waals surface area contributed by atoms with Gasteiger partial charge in [0.2, 0.25) is 5.91 Å². The van der Waals surface area contributed by atoms with E-state index >= 15 is 0 Å². The topological polar surface area (TPSA) is 41.1 Å². The molecule has 2 atom stereocenters. The van der Waals surface area contributed by atoms with E-state index in [9.17, 15) is 4.79 Å². The summed E-state index contributed by atoms with van der Waals surface area (Å²) in [7, 11) is 0. The molecule has 1 aromatic rings. The van der Waals surface area contributed by atoms with Gasteiger partial charge in [-0.15, -0.1) is 24.2 Å². The Labute approximate surface area is 130 Å². The highest BCUT2D eigenvalue weighted by Gasteiger charge is 2.24. The lowest BCUT2D eigenvalue weighted by Crippen LogP contribution is -2.43. The van der Waals surface area contributed by atoms with Crippen molar-refractivity contribution in [1.82, 2.24) is 10.6 Å². The van der Waals surface area contributed by atoms with E-state index in [-0.39, 0.29) is 24.4 Å². The second-order valence-corrected chi connectivity index (χ2v) is 6.34. The van der Waals surface area contributed by atoms with Crippen LogP contribution in [0.4, 0.5) is 0 Å². The predicted octanol–water partition coefficient (Wildman–Crippen LogP) is 2.31. The molecule has 1 aliphatic heterocycles. The monoisotopic (exact) mass is 312 g/mol. The number of benzene rings is 1. The van der Waals surface area contributed by atoms with Gasteiger partial charge >= 0.3 is 0 Å². The van der Waals surface area contributed by atoms with Gasteiger partial charge in [0.1, 0.15) is 0 Å². The summed E-state index contributed by atoms with van der Waals surface area (Å²) in [5.41, 5.74) is 2.89. The maximum atomic E-state index is 12.0. The highest BCUT2D eigenvalue weighted by atomic mass is 35.5. The highest BCUT2D eigenvalue weighted by molar-refractivity contribution is 7.99. The van der Waals surface area contributed by atoms with Crippen LogP contribution in [0.5, 0.6) is 0 Å². The number of hydrogen-bond acceptors (Lipinski definition) is 3. The van der Waals surface area contributed by atoms with E-state index in [0.717, 1.165) is 18.2 Å². The fourth-order valence-corrected chi connectivity index (χ4v) is 3.92. The minimum Gasteiger partial charge on any atom is -0.354 e. The zero-order valence-corrected chi connectivity index (χ0v) is 13.1. The van der Waals surface area contributed by atoms with Gasteiger partial charge in [-0.2, -0.15) is 0 Å². The molecular formula is C15H21ClN2OS. The van der Waals surface area contributed by atoms with Crippen molar-refractivity contribution in [3.05, 3.63) is 35.4 Å². The molecule has 1 heterocycles. The minimum absolute atomic E-state index is 0. The van der Waals surface area contributed by atoms with Crippen LogP contribution in [0.15, 0.2) is 24.3 Å². The van der Waals surface area contributed by atoms with Crippen LogP contribution in [-0.2, 0) is 11.2 Å². The number of amides is 1. The average molecular weight is 313 g/mol. The lowest BCUT2D eigenvalue weighted by molar-refractivity contribution is -0.122. The van der Waals surface area contributed by atoms with Crippen molar-refractivity contribution < 1.29 is 4.79 Å². The second-order valence-electron chi connectivity index (χ2n) is 5.30. The van der Waals surface area contributed by atoms with Crippen molar-refractivity contribution in [1.29, 1.82) is 0 Å². The summed E-state index contributed by atoms with van der Waals surface area (Å²) >= 11 is 1.79. The molecule has 2 aliphatic rings. The third kappa shape index (κ3) is 3.48. The fraction of sp³-hybridized carbons (Fsp3) is 0.533. The standard InChI is InChI=1S/C15H20N2OS.ClH/c18-15(14-9-19-10-17-14)16-8-12-6-3-5-11-4-1-2-7-13(11)12;/h1-2,4,7,12,14,17H,3,5-6,8-10H2,(H,16,18);1H. The largest absolute Gasteiger partial charge is 0.354 e. The molecule has 1 aromatic carbocycles. The van der Waals surface area contributed by atoms with Crippen molar-refractivity contribution in [2.75, 3.05) is 18.2 Å². The Morgan fingerprint density at radius 3 is 3.05 bits per heavy atom. The number of halogens is 1. The number of thioether (sulfide) groups is 1. The number of fused-ring (bicyclic) bond motifs is 1. The first-order valence-electron chi connectivity index (χ1n) is 7.01. The van der Waals surface area contributed by atoms with Gasteiger partial charge in [-0.25, -0.2) is 0 Å². The third-order valence-corrected chi connectivity index (χ3v) is 4.99. The average Bonchev–Trinajstić information content (AvgIpc) is 2.99. The van der Waals surface area contributed by atoms with E-state index < -0.39 is 0 Å². The van der Waals surface area contributed by atoms with Gasteiger partial charge in [0.15, 0.2) is 0 Å². The number of aryl methyl sites for hydroxylation is 1. The maximum Gasteiger partial charge on any atom is 0.238 e. The fourth-order valence-electron chi connectivity index (χ4n) is 2.98. The molecule has 0 aromatic heterocycles. The van der Waals surface area contributed by atoms with Crippen molar-refractivity contribution >= 4 is 30.1 Å². The van der Waals surface area contributed by atoms with Crippen molar-refractivity contribution in [2.24, 2.45) is 0 Å². The lowest BCUT2D eigenvalue weighted by Gasteiger charge is -2.26. The maximum absolute atomic E-state index is 12.0. The zero-order valence-electron chi connectivity index (χ0n) is 11.4. The molecule has 0 radical (unpaired) electrons. The van der Waals surface area contributed by atoms with E-state index in [1.807, 2.05) is 0 Å². The molecule has 1 aliphatic carbocycles. The van der Waals surface area contributed by atoms with Crippen LogP contribution in [0.3, 0.4) is 0 Å². The van der Waals surface area contributed by atoms with Gasteiger partial charge in [-0.1, -0.05) is 24.3 Å². The van der Waals surface area contributed by atoms with Gasteiger partial charge in [-0.3, -0.25) is 10.1 Å². The molecule has 1 fully saturated rings. The Kier molecular flexibility index (Phi) is 5.75. The Morgan fingerprint density at radius 1 is 1.40 bits per heavy atom. The van der Waals surface area contributed by atoms with Crippen LogP contribution in [0.1, 0.15) is 29.9 Å². The van der Waals surface area contributed by atoms with Gasteiger partial charge < -0.3 is 5.32 Å². The van der Waals surface area contributed by atoms with Crippen molar-refractivity contribution in [3.63, 3.8) is 0 Å². The van der Waals surface area contributed by atoms with Gasteiger partial charge in [0, 0.05) is 24.1 Å². The molecule has 5 heteroatoms. The second kappa shape index (κ2) is 7.34. The van der Waals surface area contributed by atoms with Gasteiger partial charge in [0.25, 0.3) is 0 Å². The Balaban J connectivity index is 0.00000147. The summed E-state index contributed by atoms with van der Waals surface area (Å²) in [5.74, 6) is 2.44. The number of hydrogen-bond donors (Lipinski definition) is 2. The molecule has 0 saturated carbocycles. The van der Waals surface area contributed by atoms with Crippen LogP contribution in [-0.4, -0.2) is 30.1 Å². The van der Waals surface area contributed by atoms with Crippen molar-refractivity contribution in [2.45, 2.75) is 31.2 Å². The Hall–Kier alpha value is -0.710. The number of rotatable bonds is 3. The van der Waals surface area contributed by atoms with E-state index in [1.165, 1.54) is 30.4 Å². The Bertz CT molecular complexity index is 463. The smallest absolute Gasteiger partial charge is 0.238 e. The van der Waals surface area contributed by atoms with Gasteiger partial charge in [0.05, 0.1) is 6.04 Å². The Morgan fingerprint density at radius 2 is 2.25 bits per heavy atom. The van der Waals surface area contributed by atoms with E-state index in [2.05, 4.69) is 34.9 Å². The number of carbonyl (C=O) groups is 1. The highest BCUT2D eigenvalue weighted by Crippen LogP contribution is 2.30. The summed E-state index contributed by atoms with van der Waals surface area (Å²) in [6.07, 6.45) is 3.60. The van der Waals surface area contributed by atoms with Crippen molar-refractivity contribution in [3.8, 4) is 0 Å². The molecule has 0 bridgehead atoms. The summed E-state index contributed by atoms with van der Waals surface area (Å²) in [6.45, 7) is 0.776. The van der Waals surface area contributed by atoms with E-state index in [1.54, 1.807) is 11.8 Å². The van der Waals surface area contributed by atoms with Crippen LogP contribution >= 0.6 is 24.2 Å². The SMILES string of the molecule is Cl.O=C(NCC1CCCc2ccccc21)C1CSCN1. The molecule has 1 amide bonds. The quantitative estimate of drug-likeness (QED) is 0.900. The molecule has 2 N–H and O–H groups in total. The van der Waals surface area contributed by atoms with Crippen LogP contribution in [0, 0.1) is 0 Å². The molecule has 1 saturated heterocycles. The van der Waals surface area contributed by atoms with E-state index in [0.29, 0.717) is 5.92 Å². The molecule has 20 heavy (non-hydrogen) atoms. The minimum atomic E-state index is 0. The molecule has 2 unspecified atom stereocenters. The molecule has 0 spiro atoms. The summed E-state index contributed by atoms with van der Waals surface area (Å²) < 4.78 is 0. The van der Waals surface area contributed by atoms with Crippen LogP contribution < -0.4 is 10.6 Å². The summed E-state index contributed by atoms with van der Waals surface area (Å²) in [6, 6.07) is 8.66. The van der Waals surface area contributed by atoms with E-state index in [4.69, 9.17) is 0 Å². The summed E-state index contributed by atoms with van der Waals surface area (Å²) in [5, 5.41) is 6.33. The predicted molar refractivity (Wildman–Crippen MR) is 86.6 cm³/mol. The molecule has 110 valence electrons. The summed E-state index contributed by atoms with van der Waals surface area (Å²) in [4.78, 5) is 12.0. The molecular weight excluding hydrogens is 292 g/mol. The molecule has 3 rings (SSSR count). The van der Waals surface area contributed by atoms with Crippen LogP contribution in [0.2, 0.25) is 0 Å².